The second-order valence-electron chi connectivity index (χ2n) is 5.62. The molecule has 2 heterocycles. The van der Waals surface area contributed by atoms with Crippen LogP contribution in [-0.4, -0.2) is 41.9 Å². The predicted octanol–water partition coefficient (Wildman–Crippen LogP) is 2.15. The third-order valence-electron chi connectivity index (χ3n) is 3.92. The van der Waals surface area contributed by atoms with Crippen LogP contribution in [0.15, 0.2) is 35.5 Å². The summed E-state index contributed by atoms with van der Waals surface area (Å²) < 4.78 is 32.8. The molecule has 130 valence electrons. The molecule has 1 aliphatic heterocycles. The zero-order valence-electron chi connectivity index (χ0n) is 13.4. The maximum atomic E-state index is 12.9. The van der Waals surface area contributed by atoms with Crippen LogP contribution in [0.1, 0.15) is 17.7 Å². The van der Waals surface area contributed by atoms with Gasteiger partial charge in [-0.1, -0.05) is 17.7 Å². The first kappa shape index (κ1) is 17.6. The van der Waals surface area contributed by atoms with Gasteiger partial charge < -0.3 is 4.74 Å². The van der Waals surface area contributed by atoms with Gasteiger partial charge in [0.15, 0.2) is 0 Å². The second kappa shape index (κ2) is 6.96. The number of hydrogen-bond donors (Lipinski definition) is 0. The molecule has 1 aromatic heterocycles. The Balaban J connectivity index is 1.78. The molecule has 1 saturated heterocycles. The van der Waals surface area contributed by atoms with E-state index in [-0.39, 0.29) is 23.0 Å². The molecule has 0 spiro atoms. The lowest BCUT2D eigenvalue weighted by Crippen LogP contribution is -2.31. The van der Waals surface area contributed by atoms with Crippen molar-refractivity contribution in [3.05, 3.63) is 46.9 Å². The Hall–Kier alpha value is -2.21. The van der Waals surface area contributed by atoms with Gasteiger partial charge in [-0.3, -0.25) is 0 Å². The van der Waals surface area contributed by atoms with Crippen LogP contribution in [0.2, 0.25) is 5.02 Å². The van der Waals surface area contributed by atoms with Crippen LogP contribution in [0.5, 0.6) is 5.88 Å². The van der Waals surface area contributed by atoms with Gasteiger partial charge in [-0.05, 0) is 31.0 Å². The number of nitriles is 1. The number of rotatable bonds is 4. The summed E-state index contributed by atoms with van der Waals surface area (Å²) in [5, 5.41) is 9.40. The Morgan fingerprint density at radius 1 is 1.36 bits per heavy atom. The number of ether oxygens (including phenoxy) is 1. The minimum Gasteiger partial charge on any atom is -0.471 e. The van der Waals surface area contributed by atoms with E-state index >= 15 is 0 Å². The molecule has 0 bridgehead atoms. The number of benzene rings is 1. The third-order valence-corrected chi connectivity index (χ3v) is 6.17. The molecule has 1 unspecified atom stereocenters. The smallest absolute Gasteiger partial charge is 0.251 e. The van der Waals surface area contributed by atoms with Crippen molar-refractivity contribution in [3.63, 3.8) is 0 Å². The van der Waals surface area contributed by atoms with Crippen LogP contribution in [0.25, 0.3) is 0 Å². The lowest BCUT2D eigenvalue weighted by Gasteiger charge is -2.18. The standard InChI is InChI=1S/C16H15ClN4O3S/c1-11-2-3-12(17)8-15(11)25(22,23)21-7-4-13(10-21)24-16-14(9-18)19-5-6-20-16/h2-3,5-6,8,13H,4,7,10H2,1H3. The number of hydrogen-bond acceptors (Lipinski definition) is 6. The summed E-state index contributed by atoms with van der Waals surface area (Å²) in [4.78, 5) is 8.06. The summed E-state index contributed by atoms with van der Waals surface area (Å²) in [7, 11) is -3.66. The third kappa shape index (κ3) is 3.58. The van der Waals surface area contributed by atoms with Crippen molar-refractivity contribution in [2.24, 2.45) is 0 Å². The summed E-state index contributed by atoms with van der Waals surface area (Å²) >= 11 is 5.95. The van der Waals surface area contributed by atoms with E-state index in [0.29, 0.717) is 23.6 Å². The molecule has 0 amide bonds. The van der Waals surface area contributed by atoms with Gasteiger partial charge in [-0.15, -0.1) is 0 Å². The Morgan fingerprint density at radius 2 is 2.12 bits per heavy atom. The molecule has 0 radical (unpaired) electrons. The summed E-state index contributed by atoms with van der Waals surface area (Å²) in [5.74, 6) is 0.119. The van der Waals surface area contributed by atoms with Crippen molar-refractivity contribution in [1.29, 1.82) is 5.26 Å². The summed E-state index contributed by atoms with van der Waals surface area (Å²) in [6.07, 6.45) is 2.94. The van der Waals surface area contributed by atoms with Crippen molar-refractivity contribution < 1.29 is 13.2 Å². The molecule has 7 nitrogen and oxygen atoms in total. The van der Waals surface area contributed by atoms with Crippen molar-refractivity contribution in [2.75, 3.05) is 13.1 Å². The fourth-order valence-electron chi connectivity index (χ4n) is 2.65. The zero-order valence-corrected chi connectivity index (χ0v) is 15.0. The fourth-order valence-corrected chi connectivity index (χ4v) is 4.62. The van der Waals surface area contributed by atoms with Gasteiger partial charge in [0.05, 0.1) is 11.4 Å². The molecule has 1 aliphatic rings. The molecule has 0 N–H and O–H groups in total. The van der Waals surface area contributed by atoms with E-state index in [9.17, 15) is 8.42 Å². The maximum absolute atomic E-state index is 12.9. The largest absolute Gasteiger partial charge is 0.471 e. The summed E-state index contributed by atoms with van der Waals surface area (Å²) in [5.41, 5.74) is 0.712. The fraction of sp³-hybridized carbons (Fsp3) is 0.312. The molecular formula is C16H15ClN4O3S. The van der Waals surface area contributed by atoms with Gasteiger partial charge >= 0.3 is 0 Å². The molecule has 9 heteroatoms. The Bertz CT molecular complexity index is 943. The van der Waals surface area contributed by atoms with Crippen LogP contribution in [0.3, 0.4) is 0 Å². The SMILES string of the molecule is Cc1ccc(Cl)cc1S(=O)(=O)N1CCC(Oc2nccnc2C#N)C1. The highest BCUT2D eigenvalue weighted by molar-refractivity contribution is 7.89. The number of halogens is 1. The maximum Gasteiger partial charge on any atom is 0.251 e. The van der Waals surface area contributed by atoms with Crippen LogP contribution in [0.4, 0.5) is 0 Å². The van der Waals surface area contributed by atoms with Gasteiger partial charge in [0.25, 0.3) is 5.88 Å². The summed E-state index contributed by atoms with van der Waals surface area (Å²) in [6, 6.07) is 6.70. The molecule has 3 rings (SSSR count). The molecule has 0 aliphatic carbocycles. The van der Waals surface area contributed by atoms with Gasteiger partial charge in [-0.2, -0.15) is 9.57 Å². The van der Waals surface area contributed by atoms with Crippen molar-refractivity contribution in [1.82, 2.24) is 14.3 Å². The number of sulfonamides is 1. The second-order valence-corrected chi connectivity index (χ2v) is 7.97. The van der Waals surface area contributed by atoms with Gasteiger partial charge in [-0.25, -0.2) is 18.4 Å². The van der Waals surface area contributed by atoms with Gasteiger partial charge in [0, 0.05) is 24.0 Å². The highest BCUT2D eigenvalue weighted by atomic mass is 35.5. The lowest BCUT2D eigenvalue weighted by atomic mass is 10.2. The molecule has 25 heavy (non-hydrogen) atoms. The van der Waals surface area contributed by atoms with Crippen molar-refractivity contribution >= 4 is 21.6 Å². The van der Waals surface area contributed by atoms with E-state index in [4.69, 9.17) is 21.6 Å². The Morgan fingerprint density at radius 3 is 2.88 bits per heavy atom. The molecule has 1 aromatic carbocycles. The first-order valence-corrected chi connectivity index (χ1v) is 9.37. The highest BCUT2D eigenvalue weighted by Crippen LogP contribution is 2.27. The first-order valence-electron chi connectivity index (χ1n) is 7.56. The summed E-state index contributed by atoms with van der Waals surface area (Å²) in [6.45, 7) is 2.23. The molecule has 1 atom stereocenters. The minimum absolute atomic E-state index is 0.0782. The molecule has 1 fully saturated rings. The van der Waals surface area contributed by atoms with E-state index in [1.807, 2.05) is 6.07 Å². The molecule has 2 aromatic rings. The topological polar surface area (TPSA) is 96.2 Å². The van der Waals surface area contributed by atoms with Gasteiger partial charge in [0.1, 0.15) is 12.2 Å². The van der Waals surface area contributed by atoms with E-state index < -0.39 is 16.1 Å². The van der Waals surface area contributed by atoms with E-state index in [1.165, 1.54) is 22.8 Å². The van der Waals surface area contributed by atoms with Crippen LogP contribution >= 0.6 is 11.6 Å². The van der Waals surface area contributed by atoms with E-state index in [0.717, 1.165) is 0 Å². The van der Waals surface area contributed by atoms with E-state index in [2.05, 4.69) is 9.97 Å². The van der Waals surface area contributed by atoms with E-state index in [1.54, 1.807) is 19.1 Å². The quantitative estimate of drug-likeness (QED) is 0.808. The average Bonchev–Trinajstić information content (AvgIpc) is 3.07. The number of aromatic nitrogens is 2. The predicted molar refractivity (Wildman–Crippen MR) is 90.7 cm³/mol. The normalized spacial score (nSPS) is 18.0. The van der Waals surface area contributed by atoms with Crippen LogP contribution in [-0.2, 0) is 10.0 Å². The molecular weight excluding hydrogens is 364 g/mol. The van der Waals surface area contributed by atoms with Crippen molar-refractivity contribution in [2.45, 2.75) is 24.3 Å². The number of aryl methyl sites for hydroxylation is 1. The Kier molecular flexibility index (Phi) is 4.90. The van der Waals surface area contributed by atoms with Gasteiger partial charge in [0.2, 0.25) is 15.7 Å². The number of nitrogens with zero attached hydrogens (tertiary/aromatic N) is 4. The van der Waals surface area contributed by atoms with Crippen LogP contribution in [0, 0.1) is 18.3 Å². The average molecular weight is 379 g/mol. The minimum atomic E-state index is -3.66. The van der Waals surface area contributed by atoms with Crippen LogP contribution < -0.4 is 4.74 Å². The highest BCUT2D eigenvalue weighted by Gasteiger charge is 2.35. The van der Waals surface area contributed by atoms with Crippen molar-refractivity contribution in [3.8, 4) is 11.9 Å². The molecule has 0 saturated carbocycles. The lowest BCUT2D eigenvalue weighted by molar-refractivity contribution is 0.205. The zero-order chi connectivity index (χ0) is 18.0. The monoisotopic (exact) mass is 378 g/mol. The first-order chi connectivity index (χ1) is 11.9. The Labute approximate surface area is 150 Å².